The highest BCUT2D eigenvalue weighted by molar-refractivity contribution is 5.93. The Morgan fingerprint density at radius 3 is 2.29 bits per heavy atom. The molecule has 2 N–H and O–H groups in total. The van der Waals surface area contributed by atoms with Crippen molar-refractivity contribution in [2.45, 2.75) is 6.92 Å². The lowest BCUT2D eigenvalue weighted by Crippen LogP contribution is -2.06. The minimum atomic E-state index is -1.23. The Kier molecular flexibility index (Phi) is 4.04. The Bertz CT molecular complexity index is 378. The van der Waals surface area contributed by atoms with E-state index in [1.807, 2.05) is 0 Å². The van der Waals surface area contributed by atoms with Crippen LogP contribution < -0.4 is 0 Å². The molecular formula is C8H8ClNO4. The molecule has 0 saturated carbocycles. The van der Waals surface area contributed by atoms with Gasteiger partial charge in [-0.1, -0.05) is 0 Å². The van der Waals surface area contributed by atoms with Crippen LogP contribution in [0, 0.1) is 6.92 Å². The van der Waals surface area contributed by atoms with Gasteiger partial charge in [0.15, 0.2) is 0 Å². The predicted octanol–water partition coefficient (Wildman–Crippen LogP) is 1.21. The van der Waals surface area contributed by atoms with E-state index < -0.39 is 11.9 Å². The van der Waals surface area contributed by atoms with E-state index in [1.165, 1.54) is 6.20 Å². The van der Waals surface area contributed by atoms with Gasteiger partial charge in [-0.3, -0.25) is 0 Å². The lowest BCUT2D eigenvalue weighted by Gasteiger charge is -2.00. The molecule has 0 atom stereocenters. The van der Waals surface area contributed by atoms with Crippen molar-refractivity contribution in [3.05, 3.63) is 29.1 Å². The minimum absolute atomic E-state index is 0. The fourth-order valence-corrected chi connectivity index (χ4v) is 0.871. The van der Waals surface area contributed by atoms with Crippen LogP contribution in [0.15, 0.2) is 12.3 Å². The fraction of sp³-hybridized carbons (Fsp3) is 0.125. The number of pyridine rings is 1. The summed E-state index contributed by atoms with van der Waals surface area (Å²) in [5, 5.41) is 17.2. The van der Waals surface area contributed by atoms with E-state index in [4.69, 9.17) is 10.2 Å². The zero-order valence-corrected chi connectivity index (χ0v) is 8.04. The maximum Gasteiger partial charge on any atom is 0.354 e. The summed E-state index contributed by atoms with van der Waals surface area (Å²) in [4.78, 5) is 24.6. The van der Waals surface area contributed by atoms with Crippen molar-refractivity contribution in [3.63, 3.8) is 0 Å². The van der Waals surface area contributed by atoms with Gasteiger partial charge in [0, 0.05) is 6.20 Å². The van der Waals surface area contributed by atoms with Crippen LogP contribution >= 0.6 is 12.4 Å². The third-order valence-electron chi connectivity index (χ3n) is 1.55. The first kappa shape index (κ1) is 12.4. The second-order valence-electron chi connectivity index (χ2n) is 2.49. The molecule has 1 heterocycles. The number of nitrogens with zero attached hydrogens (tertiary/aromatic N) is 1. The number of hydrogen-bond donors (Lipinski definition) is 2. The Morgan fingerprint density at radius 1 is 1.29 bits per heavy atom. The smallest absolute Gasteiger partial charge is 0.354 e. The van der Waals surface area contributed by atoms with Gasteiger partial charge < -0.3 is 10.2 Å². The molecule has 6 heteroatoms. The molecule has 0 saturated heterocycles. The molecule has 0 spiro atoms. The number of hydrogen-bond acceptors (Lipinski definition) is 3. The third kappa shape index (κ3) is 2.43. The van der Waals surface area contributed by atoms with E-state index >= 15 is 0 Å². The largest absolute Gasteiger partial charge is 0.478 e. The normalized spacial score (nSPS) is 8.93. The van der Waals surface area contributed by atoms with E-state index in [1.54, 1.807) is 6.92 Å². The van der Waals surface area contributed by atoms with Gasteiger partial charge in [-0.05, 0) is 18.6 Å². The van der Waals surface area contributed by atoms with Crippen LogP contribution in [0.1, 0.15) is 26.4 Å². The summed E-state index contributed by atoms with van der Waals surface area (Å²) < 4.78 is 0. The maximum atomic E-state index is 10.6. The fourth-order valence-electron chi connectivity index (χ4n) is 0.871. The van der Waals surface area contributed by atoms with Gasteiger partial charge in [0.2, 0.25) is 0 Å². The lowest BCUT2D eigenvalue weighted by molar-refractivity contribution is 0.0690. The molecule has 5 nitrogen and oxygen atoms in total. The second-order valence-corrected chi connectivity index (χ2v) is 2.49. The molecule has 1 aromatic rings. The number of carbonyl (C=O) groups is 2. The van der Waals surface area contributed by atoms with Crippen LogP contribution in [0.2, 0.25) is 0 Å². The van der Waals surface area contributed by atoms with Crippen LogP contribution in [0.4, 0.5) is 0 Å². The van der Waals surface area contributed by atoms with Gasteiger partial charge in [0.05, 0.1) is 5.56 Å². The molecule has 0 aromatic carbocycles. The number of rotatable bonds is 2. The molecule has 14 heavy (non-hydrogen) atoms. The Morgan fingerprint density at radius 2 is 1.86 bits per heavy atom. The van der Waals surface area contributed by atoms with Crippen LogP contribution in [0.25, 0.3) is 0 Å². The molecule has 76 valence electrons. The molecular weight excluding hydrogens is 210 g/mol. The Hall–Kier alpha value is -1.62. The summed E-state index contributed by atoms with van der Waals surface area (Å²) in [6.07, 6.45) is 1.23. The average Bonchev–Trinajstić information content (AvgIpc) is 2.04. The van der Waals surface area contributed by atoms with Crippen LogP contribution in [0.5, 0.6) is 0 Å². The van der Waals surface area contributed by atoms with Crippen LogP contribution in [-0.2, 0) is 0 Å². The third-order valence-corrected chi connectivity index (χ3v) is 1.55. The molecule has 0 radical (unpaired) electrons. The number of aryl methyl sites for hydroxylation is 1. The van der Waals surface area contributed by atoms with E-state index in [-0.39, 0.29) is 23.7 Å². The summed E-state index contributed by atoms with van der Waals surface area (Å²) in [5.41, 5.74) is 0.146. The predicted molar refractivity (Wildman–Crippen MR) is 50.1 cm³/mol. The monoisotopic (exact) mass is 217 g/mol. The number of aromatic carboxylic acids is 2. The first-order valence-electron chi connectivity index (χ1n) is 3.45. The molecule has 0 unspecified atom stereocenters. The van der Waals surface area contributed by atoms with Crippen molar-refractivity contribution in [1.29, 1.82) is 0 Å². The molecule has 1 rings (SSSR count). The van der Waals surface area contributed by atoms with Crippen molar-refractivity contribution >= 4 is 24.3 Å². The molecule has 0 aliphatic heterocycles. The molecule has 0 aliphatic carbocycles. The van der Waals surface area contributed by atoms with E-state index in [0.717, 1.165) is 6.07 Å². The van der Waals surface area contributed by atoms with Crippen LogP contribution in [-0.4, -0.2) is 27.1 Å². The standard InChI is InChI=1S/C8H7NO4.ClH/c1-4-3-9-6(8(12)13)2-5(4)7(10)11;/h2-3H,1H3,(H,10,11)(H,12,13);1H. The van der Waals surface area contributed by atoms with Crippen molar-refractivity contribution < 1.29 is 19.8 Å². The lowest BCUT2D eigenvalue weighted by atomic mass is 10.1. The van der Waals surface area contributed by atoms with Gasteiger partial charge in [0.25, 0.3) is 0 Å². The summed E-state index contributed by atoms with van der Waals surface area (Å²) in [7, 11) is 0. The zero-order valence-electron chi connectivity index (χ0n) is 7.22. The highest BCUT2D eigenvalue weighted by Crippen LogP contribution is 2.08. The first-order valence-corrected chi connectivity index (χ1v) is 3.45. The van der Waals surface area contributed by atoms with Crippen molar-refractivity contribution in [2.75, 3.05) is 0 Å². The topological polar surface area (TPSA) is 87.5 Å². The molecule has 0 amide bonds. The van der Waals surface area contributed by atoms with Crippen molar-refractivity contribution in [2.24, 2.45) is 0 Å². The van der Waals surface area contributed by atoms with E-state index in [2.05, 4.69) is 4.98 Å². The van der Waals surface area contributed by atoms with Gasteiger partial charge in [0.1, 0.15) is 5.69 Å². The van der Waals surface area contributed by atoms with E-state index in [9.17, 15) is 9.59 Å². The summed E-state index contributed by atoms with van der Waals surface area (Å²) in [5.74, 6) is -2.38. The quantitative estimate of drug-likeness (QED) is 0.778. The zero-order chi connectivity index (χ0) is 10.0. The summed E-state index contributed by atoms with van der Waals surface area (Å²) >= 11 is 0. The van der Waals surface area contributed by atoms with Crippen LogP contribution in [0.3, 0.4) is 0 Å². The second kappa shape index (κ2) is 4.57. The van der Waals surface area contributed by atoms with Gasteiger partial charge in [-0.25, -0.2) is 14.6 Å². The Labute approximate surface area is 85.8 Å². The van der Waals surface area contributed by atoms with Crippen molar-refractivity contribution in [1.82, 2.24) is 4.98 Å². The highest BCUT2D eigenvalue weighted by atomic mass is 35.5. The van der Waals surface area contributed by atoms with Crippen molar-refractivity contribution in [3.8, 4) is 0 Å². The van der Waals surface area contributed by atoms with Gasteiger partial charge >= 0.3 is 11.9 Å². The van der Waals surface area contributed by atoms with E-state index in [0.29, 0.717) is 5.56 Å². The average molecular weight is 218 g/mol. The molecule has 0 bridgehead atoms. The number of halogens is 1. The number of aromatic nitrogens is 1. The molecule has 1 aromatic heterocycles. The summed E-state index contributed by atoms with van der Waals surface area (Å²) in [6.45, 7) is 1.56. The first-order chi connectivity index (χ1) is 6.02. The number of carboxylic acid groups (broad SMARTS) is 2. The molecule has 0 fully saturated rings. The summed E-state index contributed by atoms with van der Waals surface area (Å²) in [6, 6.07) is 1.04. The SMILES string of the molecule is Cc1cnc(C(=O)O)cc1C(=O)O.Cl. The van der Waals surface area contributed by atoms with Gasteiger partial charge in [-0.15, -0.1) is 12.4 Å². The van der Waals surface area contributed by atoms with Gasteiger partial charge in [-0.2, -0.15) is 0 Å². The number of carboxylic acids is 2. The maximum absolute atomic E-state index is 10.6. The highest BCUT2D eigenvalue weighted by Gasteiger charge is 2.12. The Balaban J connectivity index is 0.00000169. The minimum Gasteiger partial charge on any atom is -0.478 e. The molecule has 0 aliphatic rings.